The average molecular weight is 218 g/mol. The van der Waals surface area contributed by atoms with Gasteiger partial charge in [0.1, 0.15) is 6.29 Å². The predicted octanol–water partition coefficient (Wildman–Crippen LogP) is 1.58. The van der Waals surface area contributed by atoms with Crippen molar-refractivity contribution in [3.8, 4) is 0 Å². The van der Waals surface area contributed by atoms with Crippen LogP contribution in [0.5, 0.6) is 0 Å². The van der Waals surface area contributed by atoms with Crippen molar-refractivity contribution in [2.45, 2.75) is 26.4 Å². The van der Waals surface area contributed by atoms with Crippen LogP contribution in [-0.2, 0) is 11.3 Å². The molecule has 0 saturated carbocycles. The van der Waals surface area contributed by atoms with Crippen LogP contribution in [0.15, 0.2) is 29.1 Å². The first kappa shape index (κ1) is 10.7. The Labute approximate surface area is 93.1 Å². The number of hydrogen-bond acceptors (Lipinski definition) is 2. The maximum atomic E-state index is 12.1. The molecular formula is C12H14N2O2. The van der Waals surface area contributed by atoms with E-state index >= 15 is 0 Å². The molecule has 4 nitrogen and oxygen atoms in total. The molecule has 0 atom stereocenters. The first-order chi connectivity index (χ1) is 7.66. The van der Waals surface area contributed by atoms with Crippen LogP contribution in [0, 0.1) is 0 Å². The van der Waals surface area contributed by atoms with Crippen molar-refractivity contribution in [3.05, 3.63) is 34.7 Å². The predicted molar refractivity (Wildman–Crippen MR) is 62.6 cm³/mol. The number of para-hydroxylation sites is 2. The normalized spacial score (nSPS) is 11.2. The molecule has 0 radical (unpaired) electrons. The van der Waals surface area contributed by atoms with Crippen LogP contribution < -0.4 is 5.69 Å². The van der Waals surface area contributed by atoms with Gasteiger partial charge in [-0.3, -0.25) is 9.13 Å². The van der Waals surface area contributed by atoms with E-state index in [1.54, 1.807) is 4.57 Å². The summed E-state index contributed by atoms with van der Waals surface area (Å²) < 4.78 is 3.21. The molecule has 2 aromatic rings. The van der Waals surface area contributed by atoms with E-state index in [0.717, 1.165) is 17.3 Å². The molecule has 0 spiro atoms. The summed E-state index contributed by atoms with van der Waals surface area (Å²) in [5.41, 5.74) is 1.57. The second-order valence-corrected chi connectivity index (χ2v) is 4.01. The number of fused-ring (bicyclic) bond motifs is 1. The number of aldehydes is 1. The van der Waals surface area contributed by atoms with Crippen molar-refractivity contribution < 1.29 is 4.79 Å². The minimum atomic E-state index is -0.122. The molecular weight excluding hydrogens is 204 g/mol. The molecule has 1 aromatic carbocycles. The lowest BCUT2D eigenvalue weighted by molar-refractivity contribution is -0.108. The topological polar surface area (TPSA) is 44.0 Å². The monoisotopic (exact) mass is 218 g/mol. The van der Waals surface area contributed by atoms with Gasteiger partial charge in [-0.2, -0.15) is 0 Å². The fourth-order valence-electron chi connectivity index (χ4n) is 1.98. The zero-order chi connectivity index (χ0) is 11.7. The van der Waals surface area contributed by atoms with Gasteiger partial charge in [0.15, 0.2) is 0 Å². The van der Waals surface area contributed by atoms with Crippen molar-refractivity contribution in [1.82, 2.24) is 9.13 Å². The van der Waals surface area contributed by atoms with E-state index in [4.69, 9.17) is 0 Å². The number of hydrogen-bond donors (Lipinski definition) is 0. The van der Waals surface area contributed by atoms with Gasteiger partial charge in [-0.1, -0.05) is 12.1 Å². The summed E-state index contributed by atoms with van der Waals surface area (Å²) in [5.74, 6) is 0. The van der Waals surface area contributed by atoms with Gasteiger partial charge in [0, 0.05) is 6.04 Å². The minimum absolute atomic E-state index is 0.0882. The molecule has 0 bridgehead atoms. The van der Waals surface area contributed by atoms with E-state index in [0.29, 0.717) is 0 Å². The van der Waals surface area contributed by atoms with E-state index in [-0.39, 0.29) is 18.3 Å². The number of nitrogens with zero attached hydrogens (tertiary/aromatic N) is 2. The second-order valence-electron chi connectivity index (χ2n) is 4.01. The van der Waals surface area contributed by atoms with Gasteiger partial charge >= 0.3 is 5.69 Å². The third-order valence-corrected chi connectivity index (χ3v) is 2.64. The molecule has 1 heterocycles. The fourth-order valence-corrected chi connectivity index (χ4v) is 1.98. The minimum Gasteiger partial charge on any atom is -0.301 e. The summed E-state index contributed by atoms with van der Waals surface area (Å²) in [6, 6.07) is 7.61. The first-order valence-electron chi connectivity index (χ1n) is 5.30. The van der Waals surface area contributed by atoms with E-state index in [1.165, 1.54) is 4.57 Å². The Morgan fingerprint density at radius 3 is 2.44 bits per heavy atom. The lowest BCUT2D eigenvalue weighted by Crippen LogP contribution is -2.25. The Kier molecular flexibility index (Phi) is 2.64. The van der Waals surface area contributed by atoms with Gasteiger partial charge in [0.05, 0.1) is 17.6 Å². The van der Waals surface area contributed by atoms with E-state index in [2.05, 4.69) is 0 Å². The molecule has 1 aromatic heterocycles. The van der Waals surface area contributed by atoms with Crippen LogP contribution in [0.2, 0.25) is 0 Å². The van der Waals surface area contributed by atoms with Gasteiger partial charge in [-0.25, -0.2) is 4.79 Å². The Hall–Kier alpha value is -1.84. The highest BCUT2D eigenvalue weighted by Crippen LogP contribution is 2.16. The molecule has 0 fully saturated rings. The highest BCUT2D eigenvalue weighted by Gasteiger charge is 2.13. The number of carbonyl (C=O) groups is 1. The Morgan fingerprint density at radius 1 is 1.25 bits per heavy atom. The molecule has 0 amide bonds. The molecule has 84 valence electrons. The first-order valence-corrected chi connectivity index (χ1v) is 5.30. The number of carbonyl (C=O) groups excluding carboxylic acids is 1. The van der Waals surface area contributed by atoms with Gasteiger partial charge in [-0.15, -0.1) is 0 Å². The fraction of sp³-hybridized carbons (Fsp3) is 0.333. The van der Waals surface area contributed by atoms with Crippen LogP contribution in [0.4, 0.5) is 0 Å². The van der Waals surface area contributed by atoms with Crippen LogP contribution in [0.25, 0.3) is 11.0 Å². The molecule has 0 saturated heterocycles. The molecule has 4 heteroatoms. The number of benzene rings is 1. The SMILES string of the molecule is CC(C)n1c(=O)n(CC=O)c2ccccc21. The standard InChI is InChI=1S/C12H14N2O2/c1-9(2)14-11-6-4-3-5-10(11)13(7-8-15)12(14)16/h3-6,8-9H,7H2,1-2H3. The molecule has 16 heavy (non-hydrogen) atoms. The third-order valence-electron chi connectivity index (χ3n) is 2.64. The Bertz CT molecular complexity index is 578. The van der Waals surface area contributed by atoms with Crippen molar-refractivity contribution in [2.75, 3.05) is 0 Å². The smallest absolute Gasteiger partial charge is 0.301 e. The van der Waals surface area contributed by atoms with Crippen LogP contribution in [0.1, 0.15) is 19.9 Å². The van der Waals surface area contributed by atoms with E-state index < -0.39 is 0 Å². The number of imidazole rings is 1. The van der Waals surface area contributed by atoms with Crippen molar-refractivity contribution in [2.24, 2.45) is 0 Å². The summed E-state index contributed by atoms with van der Waals surface area (Å²) >= 11 is 0. The van der Waals surface area contributed by atoms with Crippen molar-refractivity contribution in [1.29, 1.82) is 0 Å². The number of rotatable bonds is 3. The van der Waals surface area contributed by atoms with Crippen LogP contribution >= 0.6 is 0 Å². The summed E-state index contributed by atoms with van der Waals surface area (Å²) in [6.45, 7) is 4.03. The summed E-state index contributed by atoms with van der Waals surface area (Å²) in [5, 5.41) is 0. The molecule has 0 aliphatic carbocycles. The van der Waals surface area contributed by atoms with Gasteiger partial charge in [0.25, 0.3) is 0 Å². The largest absolute Gasteiger partial charge is 0.329 e. The van der Waals surface area contributed by atoms with Gasteiger partial charge in [0.2, 0.25) is 0 Å². The second kappa shape index (κ2) is 3.96. The molecule has 0 aliphatic rings. The zero-order valence-corrected chi connectivity index (χ0v) is 9.38. The number of aromatic nitrogens is 2. The average Bonchev–Trinajstić information content (AvgIpc) is 2.53. The molecule has 0 aliphatic heterocycles. The Morgan fingerprint density at radius 2 is 1.88 bits per heavy atom. The zero-order valence-electron chi connectivity index (χ0n) is 9.38. The summed E-state index contributed by atoms with van der Waals surface area (Å²) in [4.78, 5) is 22.7. The van der Waals surface area contributed by atoms with Crippen molar-refractivity contribution in [3.63, 3.8) is 0 Å². The molecule has 0 unspecified atom stereocenters. The lowest BCUT2D eigenvalue weighted by atomic mass is 10.3. The van der Waals surface area contributed by atoms with Gasteiger partial charge in [-0.05, 0) is 26.0 Å². The molecule has 0 N–H and O–H groups in total. The van der Waals surface area contributed by atoms with Crippen LogP contribution in [0.3, 0.4) is 0 Å². The van der Waals surface area contributed by atoms with Crippen molar-refractivity contribution >= 4 is 17.3 Å². The lowest BCUT2D eigenvalue weighted by Gasteiger charge is -2.05. The maximum Gasteiger partial charge on any atom is 0.329 e. The molecule has 2 rings (SSSR count). The quantitative estimate of drug-likeness (QED) is 0.734. The third kappa shape index (κ3) is 1.46. The van der Waals surface area contributed by atoms with E-state index in [9.17, 15) is 9.59 Å². The van der Waals surface area contributed by atoms with Gasteiger partial charge < -0.3 is 4.79 Å². The van der Waals surface area contributed by atoms with Crippen LogP contribution in [-0.4, -0.2) is 15.4 Å². The summed E-state index contributed by atoms with van der Waals surface area (Å²) in [6.07, 6.45) is 0.749. The summed E-state index contributed by atoms with van der Waals surface area (Å²) in [7, 11) is 0. The maximum absolute atomic E-state index is 12.1. The highest BCUT2D eigenvalue weighted by atomic mass is 16.2. The van der Waals surface area contributed by atoms with E-state index in [1.807, 2.05) is 38.1 Å². The Balaban J connectivity index is 2.85. The highest BCUT2D eigenvalue weighted by molar-refractivity contribution is 5.77.